The first kappa shape index (κ1) is 17.9. The van der Waals surface area contributed by atoms with E-state index < -0.39 is 0 Å². The van der Waals surface area contributed by atoms with Gasteiger partial charge in [-0.1, -0.05) is 30.3 Å². The van der Waals surface area contributed by atoms with Crippen LogP contribution in [0.3, 0.4) is 0 Å². The van der Waals surface area contributed by atoms with E-state index in [0.29, 0.717) is 5.71 Å². The summed E-state index contributed by atoms with van der Waals surface area (Å²) >= 11 is 0. The van der Waals surface area contributed by atoms with Crippen molar-refractivity contribution < 1.29 is 9.53 Å². The van der Waals surface area contributed by atoms with Gasteiger partial charge in [-0.15, -0.1) is 5.10 Å². The molecule has 0 fully saturated rings. The monoisotopic (exact) mass is 336 g/mol. The van der Waals surface area contributed by atoms with Crippen LogP contribution in [0.5, 0.6) is 5.75 Å². The first-order chi connectivity index (χ1) is 12.1. The highest BCUT2D eigenvalue weighted by molar-refractivity contribution is 6.04. The molecule has 3 N–H and O–H groups in total. The SMILES string of the molecule is COc1ccc(/C(C)=N/N=C(N)NC(=O)/C=C/c2ccccc2)cc1. The molecule has 0 saturated heterocycles. The van der Waals surface area contributed by atoms with E-state index in [9.17, 15) is 4.79 Å². The summed E-state index contributed by atoms with van der Waals surface area (Å²) in [5, 5.41) is 10.3. The molecule has 0 aliphatic carbocycles. The van der Waals surface area contributed by atoms with Crippen molar-refractivity contribution >= 4 is 23.7 Å². The van der Waals surface area contributed by atoms with Gasteiger partial charge < -0.3 is 10.5 Å². The molecule has 0 aliphatic heterocycles. The zero-order valence-corrected chi connectivity index (χ0v) is 14.1. The zero-order valence-electron chi connectivity index (χ0n) is 14.1. The summed E-state index contributed by atoms with van der Waals surface area (Å²) in [7, 11) is 1.61. The number of amides is 1. The predicted molar refractivity (Wildman–Crippen MR) is 100 cm³/mol. The lowest BCUT2D eigenvalue weighted by Gasteiger charge is -2.02. The largest absolute Gasteiger partial charge is 0.497 e. The Morgan fingerprint density at radius 2 is 1.76 bits per heavy atom. The number of nitrogens with zero attached hydrogens (tertiary/aromatic N) is 2. The molecule has 25 heavy (non-hydrogen) atoms. The minimum absolute atomic E-state index is 0.0735. The molecule has 6 heteroatoms. The first-order valence-electron chi connectivity index (χ1n) is 7.65. The summed E-state index contributed by atoms with van der Waals surface area (Å²) in [6, 6.07) is 16.9. The Kier molecular flexibility index (Phi) is 6.47. The molecule has 2 aromatic rings. The van der Waals surface area contributed by atoms with Crippen molar-refractivity contribution in [2.75, 3.05) is 7.11 Å². The van der Waals surface area contributed by atoms with Crippen LogP contribution >= 0.6 is 0 Å². The number of nitrogens with two attached hydrogens (primary N) is 1. The Morgan fingerprint density at radius 3 is 2.40 bits per heavy atom. The number of nitrogens with one attached hydrogen (secondary N) is 1. The maximum Gasteiger partial charge on any atom is 0.250 e. The van der Waals surface area contributed by atoms with Crippen molar-refractivity contribution in [1.29, 1.82) is 0 Å². The smallest absolute Gasteiger partial charge is 0.250 e. The second-order valence-electron chi connectivity index (χ2n) is 5.13. The Hall–Kier alpha value is -3.41. The molecule has 1 amide bonds. The Morgan fingerprint density at radius 1 is 1.08 bits per heavy atom. The summed E-state index contributed by atoms with van der Waals surface area (Å²) in [5.41, 5.74) is 8.14. The number of carbonyl (C=O) groups is 1. The normalized spacial score (nSPS) is 12.2. The van der Waals surface area contributed by atoms with Gasteiger partial charge in [0.1, 0.15) is 5.75 Å². The van der Waals surface area contributed by atoms with Gasteiger partial charge >= 0.3 is 0 Å². The summed E-state index contributed by atoms with van der Waals surface area (Å²) in [4.78, 5) is 11.8. The van der Waals surface area contributed by atoms with Gasteiger partial charge in [-0.3, -0.25) is 10.1 Å². The van der Waals surface area contributed by atoms with Crippen LogP contribution in [-0.4, -0.2) is 24.7 Å². The molecule has 2 aromatic carbocycles. The van der Waals surface area contributed by atoms with Crippen molar-refractivity contribution in [1.82, 2.24) is 5.32 Å². The van der Waals surface area contributed by atoms with Crippen LogP contribution in [0.15, 0.2) is 70.9 Å². The molecule has 0 bridgehead atoms. The van der Waals surface area contributed by atoms with Crippen LogP contribution in [0.1, 0.15) is 18.1 Å². The average molecular weight is 336 g/mol. The number of carbonyl (C=O) groups excluding carboxylic acids is 1. The van der Waals surface area contributed by atoms with E-state index in [1.54, 1.807) is 20.1 Å². The number of rotatable bonds is 5. The Labute approximate surface area is 146 Å². The molecule has 0 saturated carbocycles. The molecule has 0 atom stereocenters. The fraction of sp³-hybridized carbons (Fsp3) is 0.105. The van der Waals surface area contributed by atoms with E-state index in [1.807, 2.05) is 54.6 Å². The van der Waals surface area contributed by atoms with Gasteiger partial charge in [0.05, 0.1) is 12.8 Å². The first-order valence-corrected chi connectivity index (χ1v) is 7.65. The van der Waals surface area contributed by atoms with Gasteiger partial charge in [0.15, 0.2) is 0 Å². The Balaban J connectivity index is 1.95. The van der Waals surface area contributed by atoms with E-state index in [2.05, 4.69) is 15.5 Å². The van der Waals surface area contributed by atoms with E-state index in [-0.39, 0.29) is 11.9 Å². The quantitative estimate of drug-likeness (QED) is 0.381. The highest BCUT2D eigenvalue weighted by Gasteiger charge is 2.00. The van der Waals surface area contributed by atoms with Crippen LogP contribution in [0.4, 0.5) is 0 Å². The van der Waals surface area contributed by atoms with Crippen LogP contribution in [0, 0.1) is 0 Å². The van der Waals surface area contributed by atoms with E-state index in [0.717, 1.165) is 16.9 Å². The fourth-order valence-corrected chi connectivity index (χ4v) is 1.95. The maximum atomic E-state index is 11.8. The summed E-state index contributed by atoms with van der Waals surface area (Å²) in [6.07, 6.45) is 3.08. The number of methoxy groups -OCH3 is 1. The molecule has 6 nitrogen and oxygen atoms in total. The molecule has 0 unspecified atom stereocenters. The third kappa shape index (κ3) is 5.95. The van der Waals surface area contributed by atoms with Crippen LogP contribution in [0.2, 0.25) is 0 Å². The highest BCUT2D eigenvalue weighted by atomic mass is 16.5. The molecule has 2 rings (SSSR count). The van der Waals surface area contributed by atoms with Gasteiger partial charge in [-0.25, -0.2) is 0 Å². The van der Waals surface area contributed by atoms with Crippen molar-refractivity contribution in [3.8, 4) is 5.75 Å². The number of hydrogen-bond donors (Lipinski definition) is 2. The van der Waals surface area contributed by atoms with E-state index >= 15 is 0 Å². The van der Waals surface area contributed by atoms with Gasteiger partial charge in [-0.05, 0) is 48.4 Å². The van der Waals surface area contributed by atoms with Crippen LogP contribution in [0.25, 0.3) is 6.08 Å². The van der Waals surface area contributed by atoms with Crippen LogP contribution < -0.4 is 15.8 Å². The topological polar surface area (TPSA) is 89.1 Å². The lowest BCUT2D eigenvalue weighted by atomic mass is 10.1. The van der Waals surface area contributed by atoms with Gasteiger partial charge in [0.2, 0.25) is 5.96 Å². The number of ether oxygens (including phenoxy) is 1. The van der Waals surface area contributed by atoms with Crippen molar-refractivity contribution in [2.24, 2.45) is 15.9 Å². The van der Waals surface area contributed by atoms with Gasteiger partial charge in [0, 0.05) is 6.08 Å². The fourth-order valence-electron chi connectivity index (χ4n) is 1.95. The van der Waals surface area contributed by atoms with Gasteiger partial charge in [-0.2, -0.15) is 5.10 Å². The highest BCUT2D eigenvalue weighted by Crippen LogP contribution is 2.12. The number of guanidine groups is 1. The third-order valence-electron chi connectivity index (χ3n) is 3.29. The predicted octanol–water partition coefficient (Wildman–Crippen LogP) is 2.56. The molecule has 0 spiro atoms. The lowest BCUT2D eigenvalue weighted by Crippen LogP contribution is -2.35. The molecular weight excluding hydrogens is 316 g/mol. The zero-order chi connectivity index (χ0) is 18.1. The van der Waals surface area contributed by atoms with Crippen molar-refractivity contribution in [2.45, 2.75) is 6.92 Å². The van der Waals surface area contributed by atoms with Crippen molar-refractivity contribution in [3.63, 3.8) is 0 Å². The Bertz CT molecular complexity index is 794. The number of benzene rings is 2. The molecule has 0 aromatic heterocycles. The van der Waals surface area contributed by atoms with E-state index in [1.165, 1.54) is 6.08 Å². The minimum atomic E-state index is -0.373. The maximum absolute atomic E-state index is 11.8. The summed E-state index contributed by atoms with van der Waals surface area (Å²) in [5.74, 6) is 0.315. The molecule has 128 valence electrons. The molecule has 0 aliphatic rings. The van der Waals surface area contributed by atoms with E-state index in [4.69, 9.17) is 10.5 Å². The van der Waals surface area contributed by atoms with Crippen LogP contribution in [-0.2, 0) is 4.79 Å². The average Bonchev–Trinajstić information content (AvgIpc) is 2.65. The molecule has 0 heterocycles. The lowest BCUT2D eigenvalue weighted by molar-refractivity contribution is -0.115. The standard InChI is InChI=1S/C19H20N4O2/c1-14(16-9-11-17(25-2)12-10-16)22-23-19(20)21-18(24)13-8-15-6-4-3-5-7-15/h3-13H,1-2H3,(H3,20,21,23,24)/b13-8+,22-14+. The summed E-state index contributed by atoms with van der Waals surface area (Å²) < 4.78 is 5.10. The third-order valence-corrected chi connectivity index (χ3v) is 3.29. The minimum Gasteiger partial charge on any atom is -0.497 e. The van der Waals surface area contributed by atoms with Crippen molar-refractivity contribution in [3.05, 3.63) is 71.8 Å². The van der Waals surface area contributed by atoms with Gasteiger partial charge in [0.25, 0.3) is 5.91 Å². The second kappa shape index (κ2) is 9.02. The molecular formula is C19H20N4O2. The molecule has 0 radical (unpaired) electrons. The number of hydrogen-bond acceptors (Lipinski definition) is 4. The summed E-state index contributed by atoms with van der Waals surface area (Å²) in [6.45, 7) is 1.80. The second-order valence-corrected chi connectivity index (χ2v) is 5.13.